The van der Waals surface area contributed by atoms with Crippen molar-refractivity contribution in [2.75, 3.05) is 19.6 Å². The lowest BCUT2D eigenvalue weighted by Crippen LogP contribution is -2.36. The van der Waals surface area contributed by atoms with E-state index in [1.807, 2.05) is 0 Å². The Bertz CT molecular complexity index is 551. The molecule has 4 aliphatic rings. The van der Waals surface area contributed by atoms with Crippen molar-refractivity contribution < 1.29 is 18.7 Å². The first-order valence-corrected chi connectivity index (χ1v) is 9.37. The van der Waals surface area contributed by atoms with Gasteiger partial charge in [-0.15, -0.1) is 0 Å². The SMILES string of the molecule is CC1=CCC[C@@]2(C)O[C@@H]2[C@H]2OC(=O)[C@@H](CN3CC[C@H](F)C3)[C@@H]2CC1. The van der Waals surface area contributed by atoms with Gasteiger partial charge in [0.15, 0.2) is 0 Å². The average molecular weight is 337 g/mol. The lowest BCUT2D eigenvalue weighted by atomic mass is 9.80. The molecule has 6 atom stereocenters. The van der Waals surface area contributed by atoms with E-state index in [2.05, 4.69) is 24.8 Å². The predicted octanol–water partition coefficient (Wildman–Crippen LogP) is 2.87. The first-order valence-electron chi connectivity index (χ1n) is 9.37. The molecule has 4 rings (SSSR count). The van der Waals surface area contributed by atoms with Crippen LogP contribution in [-0.2, 0) is 14.3 Å². The first kappa shape index (κ1) is 16.5. The van der Waals surface area contributed by atoms with Crippen LogP contribution in [-0.4, -0.2) is 54.5 Å². The summed E-state index contributed by atoms with van der Waals surface area (Å²) in [5.74, 6) is -0.0588. The minimum Gasteiger partial charge on any atom is -0.459 e. The number of carbonyl (C=O) groups is 1. The summed E-state index contributed by atoms with van der Waals surface area (Å²) in [4.78, 5) is 14.6. The molecule has 0 saturated carbocycles. The zero-order chi connectivity index (χ0) is 16.9. The molecular formula is C19H28FNO3. The van der Waals surface area contributed by atoms with E-state index in [1.54, 1.807) is 0 Å². The fourth-order valence-electron chi connectivity index (χ4n) is 4.78. The van der Waals surface area contributed by atoms with E-state index in [-0.39, 0.29) is 35.6 Å². The number of nitrogens with zero attached hydrogens (tertiary/aromatic N) is 1. The fourth-order valence-corrected chi connectivity index (χ4v) is 4.78. The molecule has 3 aliphatic heterocycles. The van der Waals surface area contributed by atoms with Crippen LogP contribution in [0.2, 0.25) is 0 Å². The minimum absolute atomic E-state index is 0.0377. The predicted molar refractivity (Wildman–Crippen MR) is 88.3 cm³/mol. The number of fused-ring (bicyclic) bond motifs is 3. The van der Waals surface area contributed by atoms with Gasteiger partial charge in [-0.25, -0.2) is 4.39 Å². The highest BCUT2D eigenvalue weighted by atomic mass is 19.1. The molecule has 0 aromatic rings. The fraction of sp³-hybridized carbons (Fsp3) is 0.842. The zero-order valence-corrected chi connectivity index (χ0v) is 14.7. The number of esters is 1. The molecule has 3 heterocycles. The Kier molecular flexibility index (Phi) is 4.20. The number of allylic oxidation sites excluding steroid dienone is 2. The standard InChI is InChI=1S/C19H28FNO3/c1-12-4-3-8-19(2)17(24-19)16-14(6-5-12)15(18(22)23-16)11-21-9-7-13(20)10-21/h4,13-17H,3,5-11H2,1-2H3/t13-,14-,15-,16-,17+,19+/m0/s1. The molecule has 1 aliphatic carbocycles. The maximum absolute atomic E-state index is 13.5. The number of halogens is 1. The summed E-state index contributed by atoms with van der Waals surface area (Å²) in [6.45, 7) is 6.14. The Balaban J connectivity index is 1.52. The van der Waals surface area contributed by atoms with Gasteiger partial charge in [-0.1, -0.05) is 11.6 Å². The summed E-state index contributed by atoms with van der Waals surface area (Å²) in [5.41, 5.74) is 1.24. The van der Waals surface area contributed by atoms with Gasteiger partial charge < -0.3 is 9.47 Å². The third-order valence-corrected chi connectivity index (χ3v) is 6.41. The molecule has 0 amide bonds. The van der Waals surface area contributed by atoms with Gasteiger partial charge in [0.05, 0.1) is 11.5 Å². The summed E-state index contributed by atoms with van der Waals surface area (Å²) in [6, 6.07) is 0. The van der Waals surface area contributed by atoms with E-state index in [9.17, 15) is 9.18 Å². The molecule has 3 fully saturated rings. The van der Waals surface area contributed by atoms with Crippen LogP contribution in [0, 0.1) is 11.8 Å². The van der Waals surface area contributed by atoms with Crippen LogP contribution in [0.1, 0.15) is 46.0 Å². The second kappa shape index (κ2) is 6.10. The number of epoxide rings is 1. The highest BCUT2D eigenvalue weighted by molar-refractivity contribution is 5.75. The van der Waals surface area contributed by atoms with Crippen LogP contribution in [0.15, 0.2) is 11.6 Å². The molecule has 0 N–H and O–H groups in total. The van der Waals surface area contributed by atoms with Crippen LogP contribution in [0.4, 0.5) is 4.39 Å². The summed E-state index contributed by atoms with van der Waals surface area (Å²) in [6.07, 6.45) is 6.03. The maximum atomic E-state index is 13.5. The van der Waals surface area contributed by atoms with Gasteiger partial charge in [0, 0.05) is 25.6 Å². The number of likely N-dealkylation sites (tertiary alicyclic amines) is 1. The summed E-state index contributed by atoms with van der Waals surface area (Å²) >= 11 is 0. The van der Waals surface area contributed by atoms with Crippen LogP contribution < -0.4 is 0 Å². The Morgan fingerprint density at radius 3 is 3.00 bits per heavy atom. The molecule has 0 bridgehead atoms. The van der Waals surface area contributed by atoms with Gasteiger partial charge in [-0.3, -0.25) is 9.69 Å². The molecule has 4 nitrogen and oxygen atoms in total. The largest absolute Gasteiger partial charge is 0.459 e. The van der Waals surface area contributed by atoms with E-state index >= 15 is 0 Å². The molecule has 134 valence electrons. The summed E-state index contributed by atoms with van der Waals surface area (Å²) < 4.78 is 25.3. The zero-order valence-electron chi connectivity index (χ0n) is 14.7. The molecule has 0 aromatic carbocycles. The molecule has 5 heteroatoms. The molecule has 3 saturated heterocycles. The van der Waals surface area contributed by atoms with E-state index in [1.165, 1.54) is 5.57 Å². The van der Waals surface area contributed by atoms with Gasteiger partial charge >= 0.3 is 5.97 Å². The number of hydrogen-bond acceptors (Lipinski definition) is 4. The third kappa shape index (κ3) is 3.01. The second-order valence-electron chi connectivity index (χ2n) is 8.30. The van der Waals surface area contributed by atoms with Crippen molar-refractivity contribution in [3.05, 3.63) is 11.6 Å². The van der Waals surface area contributed by atoms with E-state index in [0.717, 1.165) is 32.2 Å². The van der Waals surface area contributed by atoms with Crippen LogP contribution >= 0.6 is 0 Å². The van der Waals surface area contributed by atoms with E-state index < -0.39 is 6.17 Å². The Morgan fingerprint density at radius 2 is 2.25 bits per heavy atom. The van der Waals surface area contributed by atoms with Crippen LogP contribution in [0.5, 0.6) is 0 Å². The summed E-state index contributed by atoms with van der Waals surface area (Å²) in [7, 11) is 0. The molecular weight excluding hydrogens is 309 g/mol. The molecule has 24 heavy (non-hydrogen) atoms. The Morgan fingerprint density at radius 1 is 1.42 bits per heavy atom. The van der Waals surface area contributed by atoms with Crippen LogP contribution in [0.25, 0.3) is 0 Å². The lowest BCUT2D eigenvalue weighted by Gasteiger charge is -2.25. The Hall–Kier alpha value is -0.940. The number of alkyl halides is 1. The van der Waals surface area contributed by atoms with Gasteiger partial charge in [-0.2, -0.15) is 0 Å². The quantitative estimate of drug-likeness (QED) is 0.441. The van der Waals surface area contributed by atoms with Crippen molar-refractivity contribution >= 4 is 5.97 Å². The van der Waals surface area contributed by atoms with Crippen molar-refractivity contribution in [2.45, 2.75) is 69.9 Å². The minimum atomic E-state index is -0.748. The monoisotopic (exact) mass is 337 g/mol. The highest BCUT2D eigenvalue weighted by Crippen LogP contribution is 2.50. The smallest absolute Gasteiger partial charge is 0.311 e. The van der Waals surface area contributed by atoms with Crippen molar-refractivity contribution in [1.82, 2.24) is 4.90 Å². The Labute approximate surface area is 143 Å². The first-order chi connectivity index (χ1) is 11.5. The highest BCUT2D eigenvalue weighted by Gasteiger charge is 2.62. The number of ether oxygens (including phenoxy) is 2. The van der Waals surface area contributed by atoms with Crippen molar-refractivity contribution in [2.24, 2.45) is 11.8 Å². The van der Waals surface area contributed by atoms with Gasteiger partial charge in [0.2, 0.25) is 0 Å². The molecule has 0 spiro atoms. The number of carbonyl (C=O) groups excluding carboxylic acids is 1. The van der Waals surface area contributed by atoms with Gasteiger partial charge in [0.1, 0.15) is 18.4 Å². The third-order valence-electron chi connectivity index (χ3n) is 6.41. The van der Waals surface area contributed by atoms with Crippen molar-refractivity contribution in [3.8, 4) is 0 Å². The average Bonchev–Trinajstić information content (AvgIpc) is 2.85. The lowest BCUT2D eigenvalue weighted by molar-refractivity contribution is -0.145. The second-order valence-corrected chi connectivity index (χ2v) is 8.30. The normalized spacial score (nSPS) is 46.0. The van der Waals surface area contributed by atoms with E-state index in [0.29, 0.717) is 19.5 Å². The molecule has 0 unspecified atom stereocenters. The van der Waals surface area contributed by atoms with Gasteiger partial charge in [0.25, 0.3) is 0 Å². The topological polar surface area (TPSA) is 42.1 Å². The van der Waals surface area contributed by atoms with Crippen LogP contribution in [0.3, 0.4) is 0 Å². The van der Waals surface area contributed by atoms with E-state index in [4.69, 9.17) is 9.47 Å². The molecule has 0 aromatic heterocycles. The number of hydrogen-bond donors (Lipinski definition) is 0. The van der Waals surface area contributed by atoms with Crippen molar-refractivity contribution in [3.63, 3.8) is 0 Å². The molecule has 0 radical (unpaired) electrons. The maximum Gasteiger partial charge on any atom is 0.311 e. The number of rotatable bonds is 2. The van der Waals surface area contributed by atoms with Crippen molar-refractivity contribution in [1.29, 1.82) is 0 Å². The summed E-state index contributed by atoms with van der Waals surface area (Å²) in [5, 5.41) is 0. The van der Waals surface area contributed by atoms with Gasteiger partial charge in [-0.05, 0) is 46.0 Å².